The molecule has 1 aliphatic heterocycles. The standard InChI is InChI=1S/C33H38N2O10/c1-22-30(42-19-25-12-8-5-9-13-25)28(41-18-24-10-6-4-7-11-24)15-17-40-20-26(33(38)45-22)35-32(37)29-31(44-21-43-23(2)36)27(39-3)14-16-34-29/h4-14,16,22,26,28,30H,15,17-21H2,1-3H3,(H,35,37)/t22-,26-,28-,30-/m0/s1. The highest BCUT2D eigenvalue weighted by atomic mass is 16.7. The highest BCUT2D eigenvalue weighted by molar-refractivity contribution is 5.98. The number of ether oxygens (including phenoxy) is 7. The van der Waals surface area contributed by atoms with Gasteiger partial charge >= 0.3 is 11.9 Å². The van der Waals surface area contributed by atoms with Crippen LogP contribution in [0.5, 0.6) is 11.5 Å². The number of aromatic nitrogens is 1. The number of rotatable bonds is 12. The number of carbonyl (C=O) groups excluding carboxylic acids is 3. The van der Waals surface area contributed by atoms with E-state index >= 15 is 0 Å². The number of carbonyl (C=O) groups is 3. The molecule has 1 saturated heterocycles. The van der Waals surface area contributed by atoms with Gasteiger partial charge in [0.05, 0.1) is 33.0 Å². The first-order valence-electron chi connectivity index (χ1n) is 14.5. The predicted molar refractivity (Wildman–Crippen MR) is 160 cm³/mol. The van der Waals surface area contributed by atoms with Crippen molar-refractivity contribution in [1.29, 1.82) is 0 Å². The molecule has 1 amide bonds. The number of hydrogen-bond acceptors (Lipinski definition) is 11. The number of cyclic esters (lactones) is 1. The molecule has 0 aliphatic carbocycles. The quantitative estimate of drug-likeness (QED) is 0.234. The molecule has 3 aromatic rings. The summed E-state index contributed by atoms with van der Waals surface area (Å²) in [6, 6.07) is 19.7. The molecule has 4 atom stereocenters. The fourth-order valence-corrected chi connectivity index (χ4v) is 4.62. The van der Waals surface area contributed by atoms with Gasteiger partial charge in [-0.2, -0.15) is 0 Å². The molecular weight excluding hydrogens is 584 g/mol. The highest BCUT2D eigenvalue weighted by Gasteiger charge is 2.35. The van der Waals surface area contributed by atoms with Crippen LogP contribution in [0.25, 0.3) is 0 Å². The number of nitrogens with zero attached hydrogens (tertiary/aromatic N) is 1. The number of benzene rings is 2. The molecule has 0 unspecified atom stereocenters. The molecule has 1 aliphatic rings. The number of hydrogen-bond donors (Lipinski definition) is 1. The number of pyridine rings is 1. The fourth-order valence-electron chi connectivity index (χ4n) is 4.62. The van der Waals surface area contributed by atoms with Gasteiger partial charge in [0.15, 0.2) is 23.2 Å². The molecule has 2 aromatic carbocycles. The van der Waals surface area contributed by atoms with Gasteiger partial charge in [0, 0.05) is 25.8 Å². The van der Waals surface area contributed by atoms with E-state index in [-0.39, 0.29) is 37.0 Å². The summed E-state index contributed by atoms with van der Waals surface area (Å²) in [5, 5.41) is 2.63. The molecule has 0 bridgehead atoms. The molecule has 1 aromatic heterocycles. The van der Waals surface area contributed by atoms with E-state index < -0.39 is 49.0 Å². The van der Waals surface area contributed by atoms with E-state index in [9.17, 15) is 14.4 Å². The lowest BCUT2D eigenvalue weighted by Crippen LogP contribution is -2.50. The van der Waals surface area contributed by atoms with Crippen molar-refractivity contribution in [1.82, 2.24) is 10.3 Å². The van der Waals surface area contributed by atoms with Gasteiger partial charge in [-0.1, -0.05) is 60.7 Å². The van der Waals surface area contributed by atoms with Gasteiger partial charge in [-0.15, -0.1) is 0 Å². The second kappa shape index (κ2) is 17.1. The zero-order valence-electron chi connectivity index (χ0n) is 25.5. The van der Waals surface area contributed by atoms with Crippen LogP contribution in [0, 0.1) is 0 Å². The predicted octanol–water partition coefficient (Wildman–Crippen LogP) is 3.61. The van der Waals surface area contributed by atoms with Crippen LogP contribution in [-0.4, -0.2) is 74.3 Å². The molecule has 0 radical (unpaired) electrons. The number of esters is 2. The van der Waals surface area contributed by atoms with E-state index in [4.69, 9.17) is 33.2 Å². The van der Waals surface area contributed by atoms with Gasteiger partial charge in [0.2, 0.25) is 6.79 Å². The largest absolute Gasteiger partial charge is 0.493 e. The molecule has 1 N–H and O–H groups in total. The van der Waals surface area contributed by atoms with Crippen LogP contribution in [0.15, 0.2) is 72.9 Å². The fraction of sp³-hybridized carbons (Fsp3) is 0.394. The van der Waals surface area contributed by atoms with Crippen LogP contribution in [0.2, 0.25) is 0 Å². The Morgan fingerprint density at radius 1 is 0.978 bits per heavy atom. The maximum absolute atomic E-state index is 13.4. The van der Waals surface area contributed by atoms with Gasteiger partial charge in [-0.3, -0.25) is 9.59 Å². The summed E-state index contributed by atoms with van der Waals surface area (Å²) in [6.45, 7) is 3.16. The van der Waals surface area contributed by atoms with E-state index in [1.165, 1.54) is 26.3 Å². The molecule has 0 spiro atoms. The number of nitrogens with one attached hydrogen (secondary N) is 1. The molecule has 12 nitrogen and oxygen atoms in total. The van der Waals surface area contributed by atoms with Crippen molar-refractivity contribution in [3.8, 4) is 11.5 Å². The van der Waals surface area contributed by atoms with Crippen molar-refractivity contribution in [3.63, 3.8) is 0 Å². The lowest BCUT2D eigenvalue weighted by Gasteiger charge is -2.33. The summed E-state index contributed by atoms with van der Waals surface area (Å²) in [6.07, 6.45) is -0.0449. The van der Waals surface area contributed by atoms with E-state index in [1.54, 1.807) is 6.92 Å². The molecule has 1 fully saturated rings. The van der Waals surface area contributed by atoms with E-state index in [0.717, 1.165) is 11.1 Å². The van der Waals surface area contributed by atoms with Crippen LogP contribution in [-0.2, 0) is 46.5 Å². The zero-order chi connectivity index (χ0) is 32.0. The van der Waals surface area contributed by atoms with Crippen LogP contribution in [0.4, 0.5) is 0 Å². The molecule has 4 rings (SSSR count). The molecule has 2 heterocycles. The Balaban J connectivity index is 1.49. The van der Waals surface area contributed by atoms with Gasteiger partial charge in [0.1, 0.15) is 12.2 Å². The van der Waals surface area contributed by atoms with Gasteiger partial charge in [-0.25, -0.2) is 9.78 Å². The second-order valence-electron chi connectivity index (χ2n) is 10.2. The third kappa shape index (κ3) is 10.00. The first-order chi connectivity index (χ1) is 21.9. The Labute approximate surface area is 261 Å². The van der Waals surface area contributed by atoms with Gasteiger partial charge in [-0.05, 0) is 24.5 Å². The van der Waals surface area contributed by atoms with Crippen molar-refractivity contribution >= 4 is 17.8 Å². The van der Waals surface area contributed by atoms with E-state index in [2.05, 4.69) is 10.3 Å². The van der Waals surface area contributed by atoms with E-state index in [1.807, 2.05) is 60.7 Å². The average molecular weight is 623 g/mol. The lowest BCUT2D eigenvalue weighted by molar-refractivity contribution is -0.178. The molecule has 45 heavy (non-hydrogen) atoms. The average Bonchev–Trinajstić information content (AvgIpc) is 3.04. The third-order valence-electron chi connectivity index (χ3n) is 6.91. The maximum Gasteiger partial charge on any atom is 0.331 e. The number of methoxy groups -OCH3 is 1. The van der Waals surface area contributed by atoms with Crippen molar-refractivity contribution in [2.75, 3.05) is 27.1 Å². The molecule has 240 valence electrons. The van der Waals surface area contributed by atoms with Crippen molar-refractivity contribution in [3.05, 3.63) is 89.7 Å². The van der Waals surface area contributed by atoms with E-state index in [0.29, 0.717) is 13.0 Å². The Morgan fingerprint density at radius 2 is 1.64 bits per heavy atom. The molecule has 12 heteroatoms. The second-order valence-corrected chi connectivity index (χ2v) is 10.2. The van der Waals surface area contributed by atoms with Crippen LogP contribution < -0.4 is 14.8 Å². The maximum atomic E-state index is 13.4. The summed E-state index contributed by atoms with van der Waals surface area (Å²) in [4.78, 5) is 42.1. The minimum absolute atomic E-state index is 0.0611. The van der Waals surface area contributed by atoms with Crippen LogP contribution >= 0.6 is 0 Å². The summed E-state index contributed by atoms with van der Waals surface area (Å²) in [7, 11) is 1.39. The van der Waals surface area contributed by atoms with Gasteiger partial charge < -0.3 is 38.5 Å². The monoisotopic (exact) mass is 622 g/mol. The highest BCUT2D eigenvalue weighted by Crippen LogP contribution is 2.30. The van der Waals surface area contributed by atoms with Crippen molar-refractivity contribution in [2.24, 2.45) is 0 Å². The molecule has 0 saturated carbocycles. The minimum atomic E-state index is -1.18. The van der Waals surface area contributed by atoms with Crippen molar-refractivity contribution < 1.29 is 47.5 Å². The molecular formula is C33H38N2O10. The minimum Gasteiger partial charge on any atom is -0.493 e. The Bertz CT molecular complexity index is 1390. The van der Waals surface area contributed by atoms with Crippen LogP contribution in [0.1, 0.15) is 41.9 Å². The summed E-state index contributed by atoms with van der Waals surface area (Å²) >= 11 is 0. The van der Waals surface area contributed by atoms with Crippen LogP contribution in [0.3, 0.4) is 0 Å². The normalized spacial score (nSPS) is 20.4. The SMILES string of the molecule is COc1ccnc(C(=O)N[C@H]2COCC[C@H](OCc3ccccc3)[C@@H](OCc3ccccc3)[C@H](C)OC2=O)c1OCOC(C)=O. The third-order valence-corrected chi connectivity index (χ3v) is 6.91. The van der Waals surface area contributed by atoms with Crippen molar-refractivity contribution in [2.45, 2.75) is 57.8 Å². The first kappa shape index (κ1) is 33.4. The Kier molecular flexibility index (Phi) is 12.7. The first-order valence-corrected chi connectivity index (χ1v) is 14.5. The summed E-state index contributed by atoms with van der Waals surface area (Å²) in [5.74, 6) is -1.92. The zero-order valence-corrected chi connectivity index (χ0v) is 25.5. The summed E-state index contributed by atoms with van der Waals surface area (Å²) in [5.41, 5.74) is 1.76. The summed E-state index contributed by atoms with van der Waals surface area (Å²) < 4.78 is 39.9. The Hall–Kier alpha value is -4.52. The smallest absolute Gasteiger partial charge is 0.331 e. The number of amides is 1. The topological polar surface area (TPSA) is 141 Å². The van der Waals surface area contributed by atoms with Gasteiger partial charge in [0.25, 0.3) is 5.91 Å². The lowest BCUT2D eigenvalue weighted by atomic mass is 10.0. The Morgan fingerprint density at radius 3 is 2.29 bits per heavy atom.